The van der Waals surface area contributed by atoms with Crippen LogP contribution in [0, 0.1) is 0 Å². The highest BCUT2D eigenvalue weighted by Gasteiger charge is 2.06. The summed E-state index contributed by atoms with van der Waals surface area (Å²) < 4.78 is 5.26. The van der Waals surface area contributed by atoms with Crippen molar-refractivity contribution in [1.29, 1.82) is 0 Å². The lowest BCUT2D eigenvalue weighted by molar-refractivity contribution is -0.131. The van der Waals surface area contributed by atoms with Crippen molar-refractivity contribution in [3.8, 4) is 5.75 Å². The second-order valence-electron chi connectivity index (χ2n) is 5.18. The Kier molecular flexibility index (Phi) is 7.54. The van der Waals surface area contributed by atoms with Gasteiger partial charge in [-0.25, -0.2) is 4.79 Å². The summed E-state index contributed by atoms with van der Waals surface area (Å²) in [6.07, 6.45) is 6.42. The number of nitrogens with zero attached hydrogens (tertiary/aromatic N) is 1. The first-order valence-corrected chi connectivity index (χ1v) is 7.33. The fourth-order valence-electron chi connectivity index (χ4n) is 2.17. The molecular formula is C17H25NO3. The minimum Gasteiger partial charge on any atom is -0.497 e. The van der Waals surface area contributed by atoms with Gasteiger partial charge < -0.3 is 14.7 Å². The number of methoxy groups -OCH3 is 1. The van der Waals surface area contributed by atoms with Crippen molar-refractivity contribution in [2.24, 2.45) is 0 Å². The number of rotatable bonds is 9. The van der Waals surface area contributed by atoms with Crippen LogP contribution in [-0.2, 0) is 11.3 Å². The topological polar surface area (TPSA) is 49.8 Å². The second kappa shape index (κ2) is 9.19. The van der Waals surface area contributed by atoms with Crippen LogP contribution in [0.4, 0.5) is 0 Å². The van der Waals surface area contributed by atoms with Crippen LogP contribution in [0.1, 0.15) is 37.3 Å². The van der Waals surface area contributed by atoms with E-state index in [1.54, 1.807) is 13.2 Å². The molecule has 0 aliphatic heterocycles. The number of carbonyl (C=O) groups is 1. The molecule has 21 heavy (non-hydrogen) atoms. The molecule has 1 aromatic carbocycles. The van der Waals surface area contributed by atoms with Crippen molar-refractivity contribution in [1.82, 2.24) is 4.90 Å². The molecule has 0 fully saturated rings. The molecule has 0 bridgehead atoms. The average Bonchev–Trinajstić information content (AvgIpc) is 2.46. The van der Waals surface area contributed by atoms with Crippen molar-refractivity contribution in [2.75, 3.05) is 20.7 Å². The summed E-state index contributed by atoms with van der Waals surface area (Å²) >= 11 is 0. The van der Waals surface area contributed by atoms with E-state index in [1.807, 2.05) is 18.2 Å². The zero-order chi connectivity index (χ0) is 15.7. The van der Waals surface area contributed by atoms with Crippen molar-refractivity contribution >= 4 is 12.0 Å². The second-order valence-corrected chi connectivity index (χ2v) is 5.18. The largest absolute Gasteiger partial charge is 0.497 e. The first-order chi connectivity index (χ1) is 10.1. The fourth-order valence-corrected chi connectivity index (χ4v) is 2.17. The third kappa shape index (κ3) is 6.45. The highest BCUT2D eigenvalue weighted by Crippen LogP contribution is 2.20. The lowest BCUT2D eigenvalue weighted by Gasteiger charge is -2.18. The van der Waals surface area contributed by atoms with Crippen LogP contribution in [0.15, 0.2) is 24.3 Å². The van der Waals surface area contributed by atoms with E-state index in [1.165, 1.54) is 25.3 Å². The summed E-state index contributed by atoms with van der Waals surface area (Å²) in [7, 11) is 3.72. The molecule has 1 rings (SSSR count). The van der Waals surface area contributed by atoms with Gasteiger partial charge in [-0.1, -0.05) is 25.8 Å². The summed E-state index contributed by atoms with van der Waals surface area (Å²) in [5.41, 5.74) is 1.99. The summed E-state index contributed by atoms with van der Waals surface area (Å²) in [5.74, 6) is -0.146. The molecule has 0 saturated heterocycles. The van der Waals surface area contributed by atoms with Crippen LogP contribution >= 0.6 is 0 Å². The van der Waals surface area contributed by atoms with Gasteiger partial charge in [0.05, 0.1) is 7.11 Å². The van der Waals surface area contributed by atoms with Gasteiger partial charge >= 0.3 is 5.97 Å². The molecule has 0 aromatic heterocycles. The zero-order valence-electron chi connectivity index (χ0n) is 13.1. The number of carboxylic acids is 1. The van der Waals surface area contributed by atoms with E-state index in [0.717, 1.165) is 30.0 Å². The molecule has 0 radical (unpaired) electrons. The molecule has 0 aliphatic carbocycles. The SMILES string of the molecule is CCCCCN(C)Cc1cc(OC)ccc1C=CC(=O)O. The van der Waals surface area contributed by atoms with E-state index in [9.17, 15) is 4.79 Å². The Morgan fingerprint density at radius 3 is 2.76 bits per heavy atom. The first kappa shape index (κ1) is 17.2. The maximum absolute atomic E-state index is 10.7. The minimum atomic E-state index is -0.937. The molecule has 0 heterocycles. The molecule has 1 aromatic rings. The Balaban J connectivity index is 2.83. The summed E-state index contributed by atoms with van der Waals surface area (Å²) in [4.78, 5) is 12.9. The molecule has 4 nitrogen and oxygen atoms in total. The van der Waals surface area contributed by atoms with Crippen molar-refractivity contribution in [2.45, 2.75) is 32.7 Å². The zero-order valence-corrected chi connectivity index (χ0v) is 13.1. The molecule has 0 saturated carbocycles. The van der Waals surface area contributed by atoms with Gasteiger partial charge in [0.1, 0.15) is 5.75 Å². The maximum atomic E-state index is 10.7. The van der Waals surface area contributed by atoms with Crippen LogP contribution in [-0.4, -0.2) is 36.7 Å². The Morgan fingerprint density at radius 1 is 1.38 bits per heavy atom. The number of unbranched alkanes of at least 4 members (excludes halogenated alkanes) is 2. The van der Waals surface area contributed by atoms with Crippen LogP contribution in [0.2, 0.25) is 0 Å². The lowest BCUT2D eigenvalue weighted by Crippen LogP contribution is -2.19. The van der Waals surface area contributed by atoms with Crippen LogP contribution in [0.5, 0.6) is 5.75 Å². The van der Waals surface area contributed by atoms with E-state index >= 15 is 0 Å². The normalized spacial score (nSPS) is 11.2. The highest BCUT2D eigenvalue weighted by molar-refractivity contribution is 5.85. The summed E-state index contributed by atoms with van der Waals surface area (Å²) in [6.45, 7) is 4.00. The smallest absolute Gasteiger partial charge is 0.328 e. The van der Waals surface area contributed by atoms with E-state index in [2.05, 4.69) is 18.9 Å². The minimum absolute atomic E-state index is 0.778. The third-order valence-electron chi connectivity index (χ3n) is 3.34. The Labute approximate surface area is 127 Å². The van der Waals surface area contributed by atoms with Crippen LogP contribution in [0.25, 0.3) is 6.08 Å². The lowest BCUT2D eigenvalue weighted by atomic mass is 10.1. The Hall–Kier alpha value is -1.81. The standard InChI is InChI=1S/C17H25NO3/c1-4-5-6-11-18(2)13-15-12-16(21-3)9-7-14(15)8-10-17(19)20/h7-10,12H,4-6,11,13H2,1-3H3,(H,19,20). The van der Waals surface area contributed by atoms with Gasteiger partial charge in [-0.2, -0.15) is 0 Å². The fraction of sp³-hybridized carbons (Fsp3) is 0.471. The monoisotopic (exact) mass is 291 g/mol. The van der Waals surface area contributed by atoms with Crippen LogP contribution in [0.3, 0.4) is 0 Å². The molecule has 0 amide bonds. The Bertz CT molecular complexity index is 483. The molecule has 1 N–H and O–H groups in total. The molecule has 116 valence electrons. The molecule has 0 spiro atoms. The number of carboxylic acid groups (broad SMARTS) is 1. The van der Waals surface area contributed by atoms with Gasteiger partial charge in [-0.15, -0.1) is 0 Å². The molecular weight excluding hydrogens is 266 g/mol. The van der Waals surface area contributed by atoms with Crippen molar-refractivity contribution in [3.05, 3.63) is 35.4 Å². The summed E-state index contributed by atoms with van der Waals surface area (Å²) in [5, 5.41) is 8.77. The van der Waals surface area contributed by atoms with Gasteiger partial charge in [-0.3, -0.25) is 0 Å². The van der Waals surface area contributed by atoms with Gasteiger partial charge in [0.2, 0.25) is 0 Å². The summed E-state index contributed by atoms with van der Waals surface area (Å²) in [6, 6.07) is 5.72. The molecule has 4 heteroatoms. The van der Waals surface area contributed by atoms with E-state index in [-0.39, 0.29) is 0 Å². The molecule has 0 unspecified atom stereocenters. The van der Waals surface area contributed by atoms with E-state index in [0.29, 0.717) is 0 Å². The highest BCUT2D eigenvalue weighted by atomic mass is 16.5. The number of aliphatic carboxylic acids is 1. The number of benzene rings is 1. The maximum Gasteiger partial charge on any atom is 0.328 e. The molecule has 0 aliphatic rings. The third-order valence-corrected chi connectivity index (χ3v) is 3.34. The number of ether oxygens (including phenoxy) is 1. The predicted molar refractivity (Wildman–Crippen MR) is 85.5 cm³/mol. The van der Waals surface area contributed by atoms with Gasteiger partial charge in [0.15, 0.2) is 0 Å². The van der Waals surface area contributed by atoms with Crippen LogP contribution < -0.4 is 4.74 Å². The van der Waals surface area contributed by atoms with Crippen molar-refractivity contribution in [3.63, 3.8) is 0 Å². The van der Waals surface area contributed by atoms with Gasteiger partial charge in [0, 0.05) is 12.6 Å². The predicted octanol–water partition coefficient (Wildman–Crippen LogP) is 3.42. The Morgan fingerprint density at radius 2 is 2.14 bits per heavy atom. The molecule has 0 atom stereocenters. The van der Waals surface area contributed by atoms with Gasteiger partial charge in [-0.05, 0) is 49.3 Å². The quantitative estimate of drug-likeness (QED) is 0.559. The number of hydrogen-bond acceptors (Lipinski definition) is 3. The first-order valence-electron chi connectivity index (χ1n) is 7.33. The average molecular weight is 291 g/mol. The van der Waals surface area contributed by atoms with Crippen molar-refractivity contribution < 1.29 is 14.6 Å². The van der Waals surface area contributed by atoms with E-state index < -0.39 is 5.97 Å². The number of hydrogen-bond donors (Lipinski definition) is 1. The van der Waals surface area contributed by atoms with Gasteiger partial charge in [0.25, 0.3) is 0 Å². The van der Waals surface area contributed by atoms with E-state index in [4.69, 9.17) is 9.84 Å².